The van der Waals surface area contributed by atoms with Gasteiger partial charge in [0.25, 0.3) is 0 Å². The zero-order chi connectivity index (χ0) is 17.6. The Hall–Kier alpha value is -1.09. The van der Waals surface area contributed by atoms with Gasteiger partial charge in [0.15, 0.2) is 5.96 Å². The van der Waals surface area contributed by atoms with E-state index in [1.54, 1.807) is 12.1 Å². The predicted octanol–water partition coefficient (Wildman–Crippen LogP) is 2.96. The van der Waals surface area contributed by atoms with Gasteiger partial charge in [0.2, 0.25) is 0 Å². The number of benzene rings is 1. The van der Waals surface area contributed by atoms with E-state index in [4.69, 9.17) is 4.74 Å². The van der Waals surface area contributed by atoms with Gasteiger partial charge in [-0.05, 0) is 51.4 Å². The van der Waals surface area contributed by atoms with Gasteiger partial charge < -0.3 is 15.0 Å². The predicted molar refractivity (Wildman–Crippen MR) is 114 cm³/mol. The first-order valence-electron chi connectivity index (χ1n) is 9.27. The summed E-state index contributed by atoms with van der Waals surface area (Å²) in [6, 6.07) is 6.91. The molecule has 26 heavy (non-hydrogen) atoms. The Morgan fingerprint density at radius 2 is 2.12 bits per heavy atom. The van der Waals surface area contributed by atoms with Gasteiger partial charge in [-0.3, -0.25) is 9.89 Å². The molecule has 2 atom stereocenters. The molecule has 2 aliphatic heterocycles. The topological polar surface area (TPSA) is 40.1 Å². The molecule has 1 aromatic rings. The van der Waals surface area contributed by atoms with E-state index in [1.807, 2.05) is 14.0 Å². The molecule has 5 nitrogen and oxygen atoms in total. The molecule has 146 valence electrons. The van der Waals surface area contributed by atoms with E-state index >= 15 is 0 Å². The van der Waals surface area contributed by atoms with Crippen LogP contribution in [0.1, 0.15) is 26.2 Å². The third-order valence-electron chi connectivity index (χ3n) is 5.01. The van der Waals surface area contributed by atoms with E-state index in [-0.39, 0.29) is 35.9 Å². The van der Waals surface area contributed by atoms with Crippen LogP contribution in [-0.2, 0) is 0 Å². The molecule has 0 radical (unpaired) electrons. The first-order valence-corrected chi connectivity index (χ1v) is 9.27. The molecule has 2 unspecified atom stereocenters. The Kier molecular flexibility index (Phi) is 8.40. The van der Waals surface area contributed by atoms with Crippen LogP contribution in [0.25, 0.3) is 0 Å². The minimum atomic E-state index is -0.279. The zero-order valence-electron chi connectivity index (χ0n) is 15.7. The normalized spacial score (nSPS) is 22.2. The Morgan fingerprint density at radius 3 is 2.81 bits per heavy atom. The zero-order valence-corrected chi connectivity index (χ0v) is 18.0. The van der Waals surface area contributed by atoms with Crippen LogP contribution in [0.5, 0.6) is 5.75 Å². The van der Waals surface area contributed by atoms with Crippen molar-refractivity contribution in [3.8, 4) is 5.75 Å². The molecule has 3 rings (SSSR count). The maximum absolute atomic E-state index is 13.2. The van der Waals surface area contributed by atoms with Gasteiger partial charge >= 0.3 is 0 Å². The molecular weight excluding hydrogens is 446 g/mol. The molecule has 2 heterocycles. The van der Waals surface area contributed by atoms with Gasteiger partial charge in [0, 0.05) is 32.2 Å². The Balaban J connectivity index is 0.00000243. The second kappa shape index (κ2) is 10.3. The SMILES string of the molecule is CN=C(NCC(C)Oc1cccc(F)c1)N1CCC(N2CCCC2)C1.I. The number of likely N-dealkylation sites (tertiary alicyclic amines) is 2. The summed E-state index contributed by atoms with van der Waals surface area (Å²) in [5.74, 6) is 1.20. The summed E-state index contributed by atoms with van der Waals surface area (Å²) < 4.78 is 19.0. The summed E-state index contributed by atoms with van der Waals surface area (Å²) in [5, 5.41) is 3.40. The number of hydrogen-bond donors (Lipinski definition) is 1. The van der Waals surface area contributed by atoms with Crippen LogP contribution >= 0.6 is 24.0 Å². The van der Waals surface area contributed by atoms with Crippen LogP contribution in [0.3, 0.4) is 0 Å². The minimum Gasteiger partial charge on any atom is -0.489 e. The standard InChI is InChI=1S/C19H29FN4O.HI/c1-15(25-18-7-5-6-16(20)12-18)13-22-19(21-2)24-11-8-17(14-24)23-9-3-4-10-23;/h5-7,12,15,17H,3-4,8-11,13-14H2,1-2H3,(H,21,22);1H. The molecule has 0 saturated carbocycles. The summed E-state index contributed by atoms with van der Waals surface area (Å²) in [5.41, 5.74) is 0. The van der Waals surface area contributed by atoms with Crippen molar-refractivity contribution in [1.82, 2.24) is 15.1 Å². The van der Waals surface area contributed by atoms with Crippen molar-refractivity contribution >= 4 is 29.9 Å². The quantitative estimate of drug-likeness (QED) is 0.403. The summed E-state index contributed by atoms with van der Waals surface area (Å²) in [4.78, 5) is 9.37. The average Bonchev–Trinajstić information content (AvgIpc) is 3.27. The fourth-order valence-corrected chi connectivity index (χ4v) is 3.72. The van der Waals surface area contributed by atoms with Gasteiger partial charge in [-0.1, -0.05) is 6.07 Å². The van der Waals surface area contributed by atoms with Crippen molar-refractivity contribution in [3.05, 3.63) is 30.1 Å². The average molecular weight is 476 g/mol. The van der Waals surface area contributed by atoms with Crippen LogP contribution in [0, 0.1) is 5.82 Å². The first kappa shape index (κ1) is 21.2. The van der Waals surface area contributed by atoms with Crippen molar-refractivity contribution in [2.75, 3.05) is 39.8 Å². The number of guanidine groups is 1. The molecule has 0 aliphatic carbocycles. The number of nitrogens with one attached hydrogen (secondary N) is 1. The maximum Gasteiger partial charge on any atom is 0.193 e. The molecule has 0 aromatic heterocycles. The summed E-state index contributed by atoms with van der Waals surface area (Å²) in [6.45, 7) is 7.17. The smallest absolute Gasteiger partial charge is 0.193 e. The van der Waals surface area contributed by atoms with Crippen LogP contribution in [0.2, 0.25) is 0 Å². The van der Waals surface area contributed by atoms with Crippen molar-refractivity contribution in [2.24, 2.45) is 4.99 Å². The van der Waals surface area contributed by atoms with Gasteiger partial charge in [-0.15, -0.1) is 24.0 Å². The largest absolute Gasteiger partial charge is 0.489 e. The van der Waals surface area contributed by atoms with Gasteiger partial charge in [0.1, 0.15) is 17.7 Å². The Labute approximate surface area is 173 Å². The van der Waals surface area contributed by atoms with E-state index in [0.29, 0.717) is 18.3 Å². The van der Waals surface area contributed by atoms with E-state index in [2.05, 4.69) is 20.1 Å². The van der Waals surface area contributed by atoms with E-state index in [1.165, 1.54) is 44.5 Å². The Bertz CT molecular complexity index is 595. The molecular formula is C19H30FIN4O. The number of halogens is 2. The fraction of sp³-hybridized carbons (Fsp3) is 0.632. The lowest BCUT2D eigenvalue weighted by Crippen LogP contribution is -2.45. The molecule has 2 saturated heterocycles. The third kappa shape index (κ3) is 5.70. The van der Waals surface area contributed by atoms with Crippen molar-refractivity contribution in [3.63, 3.8) is 0 Å². The van der Waals surface area contributed by atoms with E-state index < -0.39 is 0 Å². The molecule has 2 aliphatic rings. The molecule has 0 amide bonds. The Morgan fingerprint density at radius 1 is 1.35 bits per heavy atom. The fourth-order valence-electron chi connectivity index (χ4n) is 3.72. The van der Waals surface area contributed by atoms with E-state index in [9.17, 15) is 4.39 Å². The van der Waals surface area contributed by atoms with Crippen LogP contribution in [-0.4, -0.2) is 67.7 Å². The van der Waals surface area contributed by atoms with Gasteiger partial charge in [-0.2, -0.15) is 0 Å². The van der Waals surface area contributed by atoms with Crippen molar-refractivity contribution in [1.29, 1.82) is 0 Å². The second-order valence-electron chi connectivity index (χ2n) is 6.95. The highest BCUT2D eigenvalue weighted by Gasteiger charge is 2.30. The summed E-state index contributed by atoms with van der Waals surface area (Å²) in [6.07, 6.45) is 3.79. The lowest BCUT2D eigenvalue weighted by Gasteiger charge is -2.26. The highest BCUT2D eigenvalue weighted by molar-refractivity contribution is 14.0. The molecule has 7 heteroatoms. The number of ether oxygens (including phenoxy) is 1. The van der Waals surface area contributed by atoms with Gasteiger partial charge in [0.05, 0.1) is 6.54 Å². The maximum atomic E-state index is 13.2. The molecule has 1 N–H and O–H groups in total. The lowest BCUT2D eigenvalue weighted by atomic mass is 10.2. The minimum absolute atomic E-state index is 0. The molecule has 0 spiro atoms. The van der Waals surface area contributed by atoms with Crippen molar-refractivity contribution < 1.29 is 9.13 Å². The molecule has 1 aromatic carbocycles. The number of rotatable bonds is 5. The number of aliphatic imine (C=N–C) groups is 1. The van der Waals surface area contributed by atoms with E-state index in [0.717, 1.165) is 19.0 Å². The molecule has 2 fully saturated rings. The monoisotopic (exact) mass is 476 g/mol. The highest BCUT2D eigenvalue weighted by Crippen LogP contribution is 2.20. The first-order chi connectivity index (χ1) is 12.2. The third-order valence-corrected chi connectivity index (χ3v) is 5.01. The molecule has 0 bridgehead atoms. The van der Waals surface area contributed by atoms with Crippen LogP contribution in [0.4, 0.5) is 4.39 Å². The highest BCUT2D eigenvalue weighted by atomic mass is 127. The summed E-state index contributed by atoms with van der Waals surface area (Å²) >= 11 is 0. The van der Waals surface area contributed by atoms with Crippen LogP contribution in [0.15, 0.2) is 29.3 Å². The second-order valence-corrected chi connectivity index (χ2v) is 6.95. The number of nitrogens with zero attached hydrogens (tertiary/aromatic N) is 3. The lowest BCUT2D eigenvalue weighted by molar-refractivity contribution is 0.220. The van der Waals surface area contributed by atoms with Crippen LogP contribution < -0.4 is 10.1 Å². The summed E-state index contributed by atoms with van der Waals surface area (Å²) in [7, 11) is 1.82. The van der Waals surface area contributed by atoms with Crippen molar-refractivity contribution in [2.45, 2.75) is 38.3 Å². The number of hydrogen-bond acceptors (Lipinski definition) is 3. The van der Waals surface area contributed by atoms with Gasteiger partial charge in [-0.25, -0.2) is 4.39 Å².